The number of rotatable bonds is 6. The molecule has 0 fully saturated rings. The highest BCUT2D eigenvalue weighted by atomic mass is 16.2. The van der Waals surface area contributed by atoms with Gasteiger partial charge in [0.05, 0.1) is 6.07 Å². The van der Waals surface area contributed by atoms with Gasteiger partial charge >= 0.3 is 0 Å². The van der Waals surface area contributed by atoms with Crippen LogP contribution >= 0.6 is 0 Å². The average molecular weight is 211 g/mol. The molecule has 4 nitrogen and oxygen atoms in total. The van der Waals surface area contributed by atoms with Gasteiger partial charge < -0.3 is 9.80 Å². The molecule has 0 radical (unpaired) electrons. The van der Waals surface area contributed by atoms with Crippen molar-refractivity contribution >= 4 is 5.91 Å². The van der Waals surface area contributed by atoms with Crippen molar-refractivity contribution in [3.05, 3.63) is 0 Å². The van der Waals surface area contributed by atoms with E-state index >= 15 is 0 Å². The minimum absolute atomic E-state index is 0.0544. The van der Waals surface area contributed by atoms with E-state index < -0.39 is 5.92 Å². The number of hydrogen-bond donors (Lipinski definition) is 0. The third kappa shape index (κ3) is 5.38. The van der Waals surface area contributed by atoms with Crippen LogP contribution < -0.4 is 0 Å². The number of amides is 1. The van der Waals surface area contributed by atoms with Crippen LogP contribution in [0, 0.1) is 17.2 Å². The van der Waals surface area contributed by atoms with Crippen molar-refractivity contribution in [3.8, 4) is 6.07 Å². The van der Waals surface area contributed by atoms with Crippen LogP contribution in [0.25, 0.3) is 0 Å². The van der Waals surface area contributed by atoms with Crippen LogP contribution in [0.2, 0.25) is 0 Å². The molecule has 0 aromatic rings. The van der Waals surface area contributed by atoms with Gasteiger partial charge in [-0.25, -0.2) is 0 Å². The number of likely N-dealkylation sites (N-methyl/N-ethyl adjacent to an activating group) is 1. The Morgan fingerprint density at radius 3 is 2.33 bits per heavy atom. The Hall–Kier alpha value is -1.08. The Kier molecular flexibility index (Phi) is 6.72. The summed E-state index contributed by atoms with van der Waals surface area (Å²) in [5.41, 5.74) is 0. The van der Waals surface area contributed by atoms with Gasteiger partial charge in [0.2, 0.25) is 5.91 Å². The predicted octanol–water partition coefficient (Wildman–Crippen LogP) is 0.946. The third-order valence-corrected chi connectivity index (χ3v) is 2.19. The molecule has 0 spiro atoms. The summed E-state index contributed by atoms with van der Waals surface area (Å²) in [6.07, 6.45) is 0.928. The van der Waals surface area contributed by atoms with E-state index in [1.54, 1.807) is 11.8 Å². The third-order valence-electron chi connectivity index (χ3n) is 2.19. The van der Waals surface area contributed by atoms with E-state index in [0.29, 0.717) is 6.54 Å². The monoisotopic (exact) mass is 211 g/mol. The summed E-state index contributed by atoms with van der Waals surface area (Å²) < 4.78 is 0. The lowest BCUT2D eigenvalue weighted by Gasteiger charge is -2.24. The summed E-state index contributed by atoms with van der Waals surface area (Å²) in [6, 6.07) is 1.99. The van der Waals surface area contributed by atoms with Crippen molar-refractivity contribution in [2.45, 2.75) is 20.3 Å². The SMILES string of the molecule is CCCN(CCN(C)C)C(=O)C(C)C#N. The highest BCUT2D eigenvalue weighted by Gasteiger charge is 2.18. The molecule has 1 atom stereocenters. The molecule has 0 aromatic carbocycles. The second-order valence-electron chi connectivity index (χ2n) is 3.98. The molecule has 0 bridgehead atoms. The van der Waals surface area contributed by atoms with Gasteiger partial charge in [0.1, 0.15) is 5.92 Å². The lowest BCUT2D eigenvalue weighted by molar-refractivity contribution is -0.133. The zero-order valence-corrected chi connectivity index (χ0v) is 10.2. The highest BCUT2D eigenvalue weighted by Crippen LogP contribution is 2.02. The summed E-state index contributed by atoms with van der Waals surface area (Å²) in [4.78, 5) is 15.6. The minimum atomic E-state index is -0.529. The Morgan fingerprint density at radius 1 is 1.33 bits per heavy atom. The molecule has 1 unspecified atom stereocenters. The molecule has 0 N–H and O–H groups in total. The van der Waals surface area contributed by atoms with E-state index in [2.05, 4.69) is 0 Å². The first-order valence-corrected chi connectivity index (χ1v) is 5.36. The van der Waals surface area contributed by atoms with Crippen LogP contribution in [0.4, 0.5) is 0 Å². The topological polar surface area (TPSA) is 47.3 Å². The second-order valence-corrected chi connectivity index (χ2v) is 3.98. The highest BCUT2D eigenvalue weighted by molar-refractivity contribution is 5.80. The number of carbonyl (C=O) groups is 1. The minimum Gasteiger partial charge on any atom is -0.340 e. The van der Waals surface area contributed by atoms with Gasteiger partial charge in [0.15, 0.2) is 0 Å². The molecular weight excluding hydrogens is 190 g/mol. The van der Waals surface area contributed by atoms with Gasteiger partial charge in [0.25, 0.3) is 0 Å². The number of nitriles is 1. The normalized spacial score (nSPS) is 12.3. The van der Waals surface area contributed by atoms with Crippen LogP contribution in [0.5, 0.6) is 0 Å². The summed E-state index contributed by atoms with van der Waals surface area (Å²) in [6.45, 7) is 5.96. The lowest BCUT2D eigenvalue weighted by atomic mass is 10.1. The fourth-order valence-electron chi connectivity index (χ4n) is 1.25. The van der Waals surface area contributed by atoms with E-state index in [1.807, 2.05) is 32.0 Å². The van der Waals surface area contributed by atoms with Crippen LogP contribution in [0.1, 0.15) is 20.3 Å². The summed E-state index contributed by atoms with van der Waals surface area (Å²) >= 11 is 0. The van der Waals surface area contributed by atoms with Crippen LogP contribution in [-0.4, -0.2) is 49.4 Å². The number of nitrogens with zero attached hydrogens (tertiary/aromatic N) is 3. The maximum atomic E-state index is 11.8. The number of carbonyl (C=O) groups excluding carboxylic acids is 1. The molecular formula is C11H21N3O. The van der Waals surface area contributed by atoms with Crippen LogP contribution in [-0.2, 0) is 4.79 Å². The fourth-order valence-corrected chi connectivity index (χ4v) is 1.25. The Morgan fingerprint density at radius 2 is 1.93 bits per heavy atom. The summed E-state index contributed by atoms with van der Waals surface area (Å²) in [7, 11) is 3.95. The van der Waals surface area contributed by atoms with E-state index in [9.17, 15) is 4.79 Å². The molecule has 0 saturated heterocycles. The predicted molar refractivity (Wildman–Crippen MR) is 60.2 cm³/mol. The molecule has 0 aromatic heterocycles. The van der Waals surface area contributed by atoms with Crippen molar-refractivity contribution in [2.24, 2.45) is 5.92 Å². The van der Waals surface area contributed by atoms with Gasteiger partial charge in [-0.05, 0) is 27.4 Å². The van der Waals surface area contributed by atoms with Crippen molar-refractivity contribution < 1.29 is 4.79 Å². The second kappa shape index (κ2) is 7.24. The standard InChI is InChI=1S/C11H21N3O/c1-5-6-14(8-7-13(3)4)11(15)10(2)9-12/h10H,5-8H2,1-4H3. The maximum absolute atomic E-state index is 11.8. The maximum Gasteiger partial charge on any atom is 0.239 e. The van der Waals surface area contributed by atoms with E-state index in [0.717, 1.165) is 19.5 Å². The molecule has 0 heterocycles. The zero-order valence-electron chi connectivity index (χ0n) is 10.2. The van der Waals surface area contributed by atoms with E-state index in [-0.39, 0.29) is 5.91 Å². The molecule has 0 rings (SSSR count). The van der Waals surface area contributed by atoms with Crippen LogP contribution in [0.15, 0.2) is 0 Å². The van der Waals surface area contributed by atoms with Crippen molar-refractivity contribution in [3.63, 3.8) is 0 Å². The fraction of sp³-hybridized carbons (Fsp3) is 0.818. The first-order valence-electron chi connectivity index (χ1n) is 5.36. The zero-order chi connectivity index (χ0) is 11.8. The van der Waals surface area contributed by atoms with E-state index in [4.69, 9.17) is 5.26 Å². The Bertz CT molecular complexity index is 232. The Balaban J connectivity index is 4.26. The molecule has 0 aliphatic heterocycles. The quantitative estimate of drug-likeness (QED) is 0.657. The van der Waals surface area contributed by atoms with E-state index in [1.165, 1.54) is 0 Å². The van der Waals surface area contributed by atoms with Gasteiger partial charge in [-0.2, -0.15) is 5.26 Å². The molecule has 15 heavy (non-hydrogen) atoms. The van der Waals surface area contributed by atoms with Crippen molar-refractivity contribution in [1.82, 2.24) is 9.80 Å². The lowest BCUT2D eigenvalue weighted by Crippen LogP contribution is -2.39. The van der Waals surface area contributed by atoms with Gasteiger partial charge in [0, 0.05) is 19.6 Å². The molecule has 0 saturated carbocycles. The Labute approximate surface area is 92.5 Å². The van der Waals surface area contributed by atoms with Gasteiger partial charge in [-0.3, -0.25) is 4.79 Å². The van der Waals surface area contributed by atoms with Crippen molar-refractivity contribution in [1.29, 1.82) is 5.26 Å². The smallest absolute Gasteiger partial charge is 0.239 e. The summed E-state index contributed by atoms with van der Waals surface area (Å²) in [5, 5.41) is 8.69. The van der Waals surface area contributed by atoms with Crippen molar-refractivity contribution in [2.75, 3.05) is 33.7 Å². The molecule has 0 aliphatic carbocycles. The molecule has 86 valence electrons. The van der Waals surface area contributed by atoms with Crippen LogP contribution in [0.3, 0.4) is 0 Å². The molecule has 4 heteroatoms. The average Bonchev–Trinajstić information content (AvgIpc) is 2.21. The largest absolute Gasteiger partial charge is 0.340 e. The summed E-state index contributed by atoms with van der Waals surface area (Å²) in [5.74, 6) is -0.583. The number of hydrogen-bond acceptors (Lipinski definition) is 3. The molecule has 0 aliphatic rings. The van der Waals surface area contributed by atoms with Gasteiger partial charge in [-0.1, -0.05) is 6.92 Å². The molecule has 1 amide bonds. The van der Waals surface area contributed by atoms with Gasteiger partial charge in [-0.15, -0.1) is 0 Å². The first-order chi connectivity index (χ1) is 7.02. The first kappa shape index (κ1) is 13.9.